The summed E-state index contributed by atoms with van der Waals surface area (Å²) in [5, 5.41) is 0. The van der Waals surface area contributed by atoms with Crippen LogP contribution in [0.1, 0.15) is 12.5 Å². The third kappa shape index (κ3) is 2.34. The Hall–Kier alpha value is -1.25. The molecule has 70 valence electrons. The molecule has 1 rings (SSSR count). The number of alkyl halides is 3. The molecular formula is C10H9F3. The smallest absolute Gasteiger partial charge is 0.166 e. The van der Waals surface area contributed by atoms with Crippen LogP contribution in [0.5, 0.6) is 0 Å². The van der Waals surface area contributed by atoms with Gasteiger partial charge < -0.3 is 0 Å². The molecule has 0 aromatic heterocycles. The maximum absolute atomic E-state index is 12.3. The van der Waals surface area contributed by atoms with E-state index < -0.39 is 11.7 Å². The minimum atomic E-state index is -4.27. The van der Waals surface area contributed by atoms with Crippen molar-refractivity contribution in [2.45, 2.75) is 13.1 Å². The lowest BCUT2D eigenvalue weighted by molar-refractivity contribution is -0.0689. The molecule has 0 aliphatic carbocycles. The first-order chi connectivity index (χ1) is 6.05. The predicted molar refractivity (Wildman–Crippen MR) is 46.1 cm³/mol. The van der Waals surface area contributed by atoms with Crippen LogP contribution in [0.2, 0.25) is 0 Å². The van der Waals surface area contributed by atoms with Gasteiger partial charge in [0.25, 0.3) is 0 Å². The van der Waals surface area contributed by atoms with Crippen molar-refractivity contribution in [3.63, 3.8) is 0 Å². The van der Waals surface area contributed by atoms with Crippen LogP contribution in [0.3, 0.4) is 0 Å². The van der Waals surface area contributed by atoms with Crippen molar-refractivity contribution in [3.05, 3.63) is 42.0 Å². The second kappa shape index (κ2) is 3.64. The molecule has 0 nitrogen and oxygen atoms in total. The molecule has 0 bridgehead atoms. The van der Waals surface area contributed by atoms with Gasteiger partial charge in [-0.05, 0) is 12.5 Å². The van der Waals surface area contributed by atoms with Crippen LogP contribution in [0.15, 0.2) is 36.4 Å². The van der Waals surface area contributed by atoms with E-state index in [4.69, 9.17) is 0 Å². The van der Waals surface area contributed by atoms with Crippen molar-refractivity contribution >= 4 is 5.57 Å². The highest BCUT2D eigenvalue weighted by molar-refractivity contribution is 5.69. The molecule has 0 aliphatic heterocycles. The molecule has 0 N–H and O–H groups in total. The molecule has 0 spiro atoms. The highest BCUT2D eigenvalue weighted by Gasteiger charge is 2.33. The summed E-state index contributed by atoms with van der Waals surface area (Å²) in [5.41, 5.74) is -0.384. The Kier molecular flexibility index (Phi) is 2.76. The van der Waals surface area contributed by atoms with Crippen molar-refractivity contribution in [1.29, 1.82) is 0 Å². The summed E-state index contributed by atoms with van der Waals surface area (Å²) in [6, 6.07) is 7.76. The van der Waals surface area contributed by atoms with E-state index in [1.807, 2.05) is 0 Å². The van der Waals surface area contributed by atoms with Gasteiger partial charge in [-0.3, -0.25) is 0 Å². The average molecular weight is 186 g/mol. The van der Waals surface area contributed by atoms with Crippen LogP contribution in [-0.4, -0.2) is 6.18 Å². The highest BCUT2D eigenvalue weighted by atomic mass is 19.4. The minimum Gasteiger partial charge on any atom is -0.166 e. The fourth-order valence-electron chi connectivity index (χ4n) is 1.11. The van der Waals surface area contributed by atoms with E-state index in [1.165, 1.54) is 19.1 Å². The van der Waals surface area contributed by atoms with Gasteiger partial charge in [-0.15, -0.1) is 0 Å². The number of benzene rings is 1. The van der Waals surface area contributed by atoms with Crippen molar-refractivity contribution < 1.29 is 13.2 Å². The van der Waals surface area contributed by atoms with Gasteiger partial charge in [-0.25, -0.2) is 0 Å². The first-order valence-electron chi connectivity index (χ1n) is 3.84. The number of rotatable bonds is 1. The lowest BCUT2D eigenvalue weighted by atomic mass is 10.1. The molecule has 0 unspecified atom stereocenters. The fourth-order valence-corrected chi connectivity index (χ4v) is 1.11. The summed E-state index contributed by atoms with van der Waals surface area (Å²) < 4.78 is 37.0. The van der Waals surface area contributed by atoms with E-state index >= 15 is 0 Å². The zero-order valence-electron chi connectivity index (χ0n) is 7.10. The van der Waals surface area contributed by atoms with E-state index in [9.17, 15) is 13.2 Å². The summed E-state index contributed by atoms with van der Waals surface area (Å²) in [6.07, 6.45) is -3.19. The highest BCUT2D eigenvalue weighted by Crippen LogP contribution is 2.33. The molecule has 0 atom stereocenters. The summed E-state index contributed by atoms with van der Waals surface area (Å²) in [7, 11) is 0. The van der Waals surface area contributed by atoms with Crippen LogP contribution in [0.4, 0.5) is 13.2 Å². The first kappa shape index (κ1) is 9.84. The molecule has 3 heteroatoms. The Bertz CT molecular complexity index is 296. The SMILES string of the molecule is CC=C(c1ccccc1)C(F)(F)F. The van der Waals surface area contributed by atoms with Crippen LogP contribution < -0.4 is 0 Å². The Labute approximate surface area is 74.7 Å². The number of halogens is 3. The Morgan fingerprint density at radius 1 is 1.15 bits per heavy atom. The van der Waals surface area contributed by atoms with E-state index in [1.54, 1.807) is 18.2 Å². The van der Waals surface area contributed by atoms with E-state index in [0.29, 0.717) is 0 Å². The molecule has 0 aliphatic rings. The summed E-state index contributed by atoms with van der Waals surface area (Å²) >= 11 is 0. The summed E-state index contributed by atoms with van der Waals surface area (Å²) in [5.74, 6) is 0. The van der Waals surface area contributed by atoms with Crippen molar-refractivity contribution in [3.8, 4) is 0 Å². The molecule has 0 amide bonds. The van der Waals surface area contributed by atoms with E-state index in [0.717, 1.165) is 6.08 Å². The third-order valence-corrected chi connectivity index (χ3v) is 1.68. The first-order valence-corrected chi connectivity index (χ1v) is 3.84. The summed E-state index contributed by atoms with van der Waals surface area (Å²) in [4.78, 5) is 0. The second-order valence-electron chi connectivity index (χ2n) is 2.57. The number of hydrogen-bond acceptors (Lipinski definition) is 0. The molecule has 0 saturated carbocycles. The lowest BCUT2D eigenvalue weighted by Gasteiger charge is -2.10. The van der Waals surface area contributed by atoms with Gasteiger partial charge in [0.2, 0.25) is 0 Å². The normalized spacial score (nSPS) is 13.1. The largest absolute Gasteiger partial charge is 0.416 e. The van der Waals surface area contributed by atoms with E-state index in [2.05, 4.69) is 0 Å². The van der Waals surface area contributed by atoms with Crippen molar-refractivity contribution in [2.75, 3.05) is 0 Å². The number of allylic oxidation sites excluding steroid dienone is 2. The maximum Gasteiger partial charge on any atom is 0.416 e. The van der Waals surface area contributed by atoms with Gasteiger partial charge >= 0.3 is 6.18 Å². The summed E-state index contributed by atoms with van der Waals surface area (Å²) in [6.45, 7) is 1.38. The molecule has 0 radical (unpaired) electrons. The molecule has 0 saturated heterocycles. The fraction of sp³-hybridized carbons (Fsp3) is 0.200. The topological polar surface area (TPSA) is 0 Å². The Balaban J connectivity index is 3.08. The molecule has 1 aromatic carbocycles. The maximum atomic E-state index is 12.3. The third-order valence-electron chi connectivity index (χ3n) is 1.68. The monoisotopic (exact) mass is 186 g/mol. The van der Waals surface area contributed by atoms with Gasteiger partial charge in [-0.2, -0.15) is 13.2 Å². The standard InChI is InChI=1S/C10H9F3/c1-2-9(10(11,12)13)8-6-4-3-5-7-8/h2-7H,1H3. The zero-order chi connectivity index (χ0) is 9.90. The van der Waals surface area contributed by atoms with Crippen molar-refractivity contribution in [2.24, 2.45) is 0 Å². The number of hydrogen-bond donors (Lipinski definition) is 0. The molecular weight excluding hydrogens is 177 g/mol. The molecule has 0 heterocycles. The molecule has 1 aromatic rings. The van der Waals surface area contributed by atoms with E-state index in [-0.39, 0.29) is 5.56 Å². The zero-order valence-corrected chi connectivity index (χ0v) is 7.10. The lowest BCUT2D eigenvalue weighted by Crippen LogP contribution is -2.10. The van der Waals surface area contributed by atoms with Gasteiger partial charge in [0.15, 0.2) is 0 Å². The van der Waals surface area contributed by atoms with Gasteiger partial charge in [-0.1, -0.05) is 36.4 Å². The molecule has 0 fully saturated rings. The minimum absolute atomic E-state index is 0.206. The van der Waals surface area contributed by atoms with Crippen LogP contribution >= 0.6 is 0 Å². The van der Waals surface area contributed by atoms with Crippen LogP contribution in [0, 0.1) is 0 Å². The van der Waals surface area contributed by atoms with Gasteiger partial charge in [0, 0.05) is 0 Å². The Morgan fingerprint density at radius 3 is 2.08 bits per heavy atom. The average Bonchev–Trinajstić information content (AvgIpc) is 2.05. The van der Waals surface area contributed by atoms with Crippen LogP contribution in [0.25, 0.3) is 5.57 Å². The quantitative estimate of drug-likeness (QED) is 0.628. The van der Waals surface area contributed by atoms with Gasteiger partial charge in [0.05, 0.1) is 5.57 Å². The predicted octanol–water partition coefficient (Wildman–Crippen LogP) is 3.65. The van der Waals surface area contributed by atoms with Crippen molar-refractivity contribution in [1.82, 2.24) is 0 Å². The second-order valence-corrected chi connectivity index (χ2v) is 2.57. The Morgan fingerprint density at radius 2 is 1.69 bits per heavy atom. The molecule has 13 heavy (non-hydrogen) atoms. The van der Waals surface area contributed by atoms with Crippen LogP contribution in [-0.2, 0) is 0 Å². The van der Waals surface area contributed by atoms with Gasteiger partial charge in [0.1, 0.15) is 0 Å².